The van der Waals surface area contributed by atoms with Gasteiger partial charge in [-0.25, -0.2) is 8.78 Å². The van der Waals surface area contributed by atoms with Gasteiger partial charge in [-0.1, -0.05) is 6.07 Å². The van der Waals surface area contributed by atoms with Crippen molar-refractivity contribution in [3.8, 4) is 6.07 Å². The monoisotopic (exact) mass is 277 g/mol. The van der Waals surface area contributed by atoms with E-state index in [1.807, 2.05) is 6.07 Å². The van der Waals surface area contributed by atoms with Crippen molar-refractivity contribution in [2.75, 3.05) is 19.6 Å². The van der Waals surface area contributed by atoms with Gasteiger partial charge >= 0.3 is 0 Å². The molecule has 1 N–H and O–H groups in total. The molecule has 1 fully saturated rings. The Kier molecular flexibility index (Phi) is 4.43. The van der Waals surface area contributed by atoms with Gasteiger partial charge < -0.3 is 10.2 Å². The fourth-order valence-corrected chi connectivity index (χ4v) is 2.00. The van der Waals surface area contributed by atoms with Crippen molar-refractivity contribution in [2.45, 2.75) is 6.04 Å². The van der Waals surface area contributed by atoms with Gasteiger partial charge in [-0.15, -0.1) is 0 Å². The van der Waals surface area contributed by atoms with Gasteiger partial charge in [0, 0.05) is 31.3 Å². The summed E-state index contributed by atoms with van der Waals surface area (Å²) in [6.07, 6.45) is 2.20. The third kappa shape index (κ3) is 3.00. The van der Waals surface area contributed by atoms with Gasteiger partial charge in [-0.2, -0.15) is 5.26 Å². The molecule has 1 aliphatic rings. The lowest BCUT2D eigenvalue weighted by Gasteiger charge is -2.31. The molecule has 1 aliphatic heterocycles. The Balaban J connectivity index is 2.15. The summed E-state index contributed by atoms with van der Waals surface area (Å²) in [4.78, 5) is 13.4. The van der Waals surface area contributed by atoms with Crippen LogP contribution in [0, 0.1) is 23.0 Å². The van der Waals surface area contributed by atoms with Crippen LogP contribution in [0.1, 0.15) is 5.56 Å². The maximum atomic E-state index is 13.4. The Morgan fingerprint density at radius 2 is 2.15 bits per heavy atom. The van der Waals surface area contributed by atoms with Crippen LogP contribution in [0.15, 0.2) is 24.3 Å². The first-order valence-electron chi connectivity index (χ1n) is 6.16. The number of nitrogens with zero attached hydrogens (tertiary/aromatic N) is 2. The van der Waals surface area contributed by atoms with Gasteiger partial charge in [-0.3, -0.25) is 4.79 Å². The molecule has 2 rings (SSSR count). The number of carbonyl (C=O) groups is 1. The lowest BCUT2D eigenvalue weighted by atomic mass is 10.1. The van der Waals surface area contributed by atoms with E-state index in [0.717, 1.165) is 24.3 Å². The number of hydrogen-bond acceptors (Lipinski definition) is 3. The molecule has 0 saturated carbocycles. The predicted molar refractivity (Wildman–Crippen MR) is 69.4 cm³/mol. The van der Waals surface area contributed by atoms with Crippen molar-refractivity contribution in [1.82, 2.24) is 10.2 Å². The number of carbonyl (C=O) groups excluding carboxylic acids is 1. The molecular weight excluding hydrogens is 264 g/mol. The molecule has 1 saturated heterocycles. The molecule has 0 bridgehead atoms. The van der Waals surface area contributed by atoms with E-state index in [1.165, 1.54) is 11.0 Å². The second-order valence-electron chi connectivity index (χ2n) is 4.35. The van der Waals surface area contributed by atoms with Crippen molar-refractivity contribution >= 4 is 12.0 Å². The molecule has 20 heavy (non-hydrogen) atoms. The lowest BCUT2D eigenvalue weighted by Crippen LogP contribution is -2.52. The quantitative estimate of drug-likeness (QED) is 0.829. The smallest absolute Gasteiger partial charge is 0.247 e. The molecule has 1 heterocycles. The highest BCUT2D eigenvalue weighted by Gasteiger charge is 2.24. The zero-order valence-corrected chi connectivity index (χ0v) is 10.6. The average molecular weight is 277 g/mol. The van der Waals surface area contributed by atoms with Crippen LogP contribution in [0.5, 0.6) is 0 Å². The predicted octanol–water partition coefficient (Wildman–Crippen LogP) is 1.30. The minimum atomic E-state index is -0.730. The fourth-order valence-electron chi connectivity index (χ4n) is 2.00. The average Bonchev–Trinajstić information content (AvgIpc) is 2.46. The minimum absolute atomic E-state index is 0.260. The maximum Gasteiger partial charge on any atom is 0.247 e. The van der Waals surface area contributed by atoms with E-state index in [1.54, 1.807) is 0 Å². The number of nitriles is 1. The number of nitrogens with one attached hydrogen (secondary N) is 1. The molecule has 1 aromatic rings. The Labute approximate surface area is 115 Å². The molecule has 1 aromatic carbocycles. The SMILES string of the molecule is N#C[C@H]1CNCCN1C(=O)/C=C/c1c(F)cccc1F. The summed E-state index contributed by atoms with van der Waals surface area (Å²) in [6, 6.07) is 4.95. The van der Waals surface area contributed by atoms with Crippen LogP contribution < -0.4 is 5.32 Å². The summed E-state index contributed by atoms with van der Waals surface area (Å²) in [6.45, 7) is 1.37. The third-order valence-corrected chi connectivity index (χ3v) is 3.07. The van der Waals surface area contributed by atoms with Crippen LogP contribution >= 0.6 is 0 Å². The molecule has 1 atom stereocenters. The number of rotatable bonds is 2. The number of halogens is 2. The number of piperazine rings is 1. The largest absolute Gasteiger partial charge is 0.321 e. The summed E-state index contributed by atoms with van der Waals surface area (Å²) < 4.78 is 26.8. The van der Waals surface area contributed by atoms with E-state index in [0.29, 0.717) is 19.6 Å². The Morgan fingerprint density at radius 1 is 1.45 bits per heavy atom. The van der Waals surface area contributed by atoms with Crippen molar-refractivity contribution in [3.05, 3.63) is 41.5 Å². The molecule has 0 aliphatic carbocycles. The Hall–Kier alpha value is -2.26. The van der Waals surface area contributed by atoms with Crippen LogP contribution in [0.4, 0.5) is 8.78 Å². The first kappa shape index (κ1) is 14.2. The topological polar surface area (TPSA) is 56.1 Å². The molecule has 0 radical (unpaired) electrons. The van der Waals surface area contributed by atoms with Crippen molar-refractivity contribution in [3.63, 3.8) is 0 Å². The molecule has 4 nitrogen and oxygen atoms in total. The van der Waals surface area contributed by atoms with Gasteiger partial charge in [0.25, 0.3) is 0 Å². The van der Waals surface area contributed by atoms with Gasteiger partial charge in [0.15, 0.2) is 0 Å². The van der Waals surface area contributed by atoms with Crippen LogP contribution in [0.25, 0.3) is 6.08 Å². The molecule has 6 heteroatoms. The summed E-state index contributed by atoms with van der Waals surface area (Å²) in [5.41, 5.74) is -0.260. The first-order chi connectivity index (χ1) is 9.63. The van der Waals surface area contributed by atoms with Crippen LogP contribution in [-0.4, -0.2) is 36.5 Å². The van der Waals surface area contributed by atoms with Crippen molar-refractivity contribution < 1.29 is 13.6 Å². The van der Waals surface area contributed by atoms with Gasteiger partial charge in [0.05, 0.1) is 6.07 Å². The van der Waals surface area contributed by atoms with E-state index in [2.05, 4.69) is 5.32 Å². The number of hydrogen-bond donors (Lipinski definition) is 1. The molecule has 0 spiro atoms. The van der Waals surface area contributed by atoms with E-state index >= 15 is 0 Å². The Bertz CT molecular complexity index is 560. The molecule has 0 unspecified atom stereocenters. The van der Waals surface area contributed by atoms with Gasteiger partial charge in [0.1, 0.15) is 17.7 Å². The molecule has 104 valence electrons. The second-order valence-corrected chi connectivity index (χ2v) is 4.35. The van der Waals surface area contributed by atoms with Crippen LogP contribution in [0.3, 0.4) is 0 Å². The zero-order valence-electron chi connectivity index (χ0n) is 10.6. The van der Waals surface area contributed by atoms with Crippen LogP contribution in [-0.2, 0) is 4.79 Å². The summed E-state index contributed by atoms with van der Waals surface area (Å²) >= 11 is 0. The fraction of sp³-hybridized carbons (Fsp3) is 0.286. The summed E-state index contributed by atoms with van der Waals surface area (Å²) in [5.74, 6) is -1.89. The van der Waals surface area contributed by atoms with Crippen molar-refractivity contribution in [1.29, 1.82) is 5.26 Å². The number of amides is 1. The van der Waals surface area contributed by atoms with E-state index in [9.17, 15) is 13.6 Å². The van der Waals surface area contributed by atoms with Gasteiger partial charge in [-0.05, 0) is 18.2 Å². The minimum Gasteiger partial charge on any atom is -0.321 e. The van der Waals surface area contributed by atoms with Crippen molar-refractivity contribution in [2.24, 2.45) is 0 Å². The van der Waals surface area contributed by atoms with E-state index in [4.69, 9.17) is 5.26 Å². The standard InChI is InChI=1S/C14H13F2N3O/c15-12-2-1-3-13(16)11(12)4-5-14(20)19-7-6-18-9-10(19)8-17/h1-5,10,18H,6-7,9H2/b5-4+/t10-/m0/s1. The number of benzene rings is 1. The maximum absolute atomic E-state index is 13.4. The van der Waals surface area contributed by atoms with E-state index in [-0.39, 0.29) is 5.56 Å². The highest BCUT2D eigenvalue weighted by atomic mass is 19.1. The van der Waals surface area contributed by atoms with Gasteiger partial charge in [0.2, 0.25) is 5.91 Å². The van der Waals surface area contributed by atoms with E-state index < -0.39 is 23.6 Å². The molecule has 0 aromatic heterocycles. The molecular formula is C14H13F2N3O. The zero-order chi connectivity index (χ0) is 14.5. The highest BCUT2D eigenvalue weighted by molar-refractivity contribution is 5.92. The third-order valence-electron chi connectivity index (χ3n) is 3.07. The highest BCUT2D eigenvalue weighted by Crippen LogP contribution is 2.14. The normalized spacial score (nSPS) is 19.1. The molecule has 1 amide bonds. The second kappa shape index (κ2) is 6.26. The Morgan fingerprint density at radius 3 is 2.80 bits per heavy atom. The first-order valence-corrected chi connectivity index (χ1v) is 6.16. The van der Waals surface area contributed by atoms with Crippen LogP contribution in [0.2, 0.25) is 0 Å². The lowest BCUT2D eigenvalue weighted by molar-refractivity contribution is -0.127. The summed E-state index contributed by atoms with van der Waals surface area (Å²) in [5, 5.41) is 12.0. The summed E-state index contributed by atoms with van der Waals surface area (Å²) in [7, 11) is 0.